The maximum Gasteiger partial charge on any atom is 0.334 e. The largest absolute Gasteiger partial charge is 0.442 e. The van der Waals surface area contributed by atoms with Gasteiger partial charge in [-0.1, -0.05) is 12.5 Å². The Balaban J connectivity index is 2.73. The van der Waals surface area contributed by atoms with Crippen LogP contribution in [0.5, 0.6) is 0 Å². The zero-order valence-corrected chi connectivity index (χ0v) is 8.85. The van der Waals surface area contributed by atoms with Crippen LogP contribution < -0.4 is 0 Å². The second kappa shape index (κ2) is 4.32. The van der Waals surface area contributed by atoms with Crippen LogP contribution >= 0.6 is 0 Å². The lowest BCUT2D eigenvalue weighted by atomic mass is 10.0. The molecular weight excluding hydrogens is 176 g/mol. The molecule has 1 aliphatic rings. The van der Waals surface area contributed by atoms with Gasteiger partial charge in [0.2, 0.25) is 0 Å². The van der Waals surface area contributed by atoms with E-state index in [1.807, 2.05) is 0 Å². The van der Waals surface area contributed by atoms with Gasteiger partial charge in [-0.25, -0.2) is 4.79 Å². The lowest BCUT2D eigenvalue weighted by molar-refractivity contribution is -0.148. The van der Waals surface area contributed by atoms with Gasteiger partial charge in [0.15, 0.2) is 5.60 Å². The van der Waals surface area contributed by atoms with Crippen molar-refractivity contribution in [3.05, 3.63) is 12.2 Å². The van der Waals surface area contributed by atoms with E-state index in [-0.39, 0.29) is 5.97 Å². The van der Waals surface area contributed by atoms with Crippen molar-refractivity contribution in [3.63, 3.8) is 0 Å². The normalized spacial score (nSPS) is 18.1. The second-order valence-corrected chi connectivity index (χ2v) is 3.75. The minimum absolute atomic E-state index is 0.324. The maximum absolute atomic E-state index is 11.4. The summed E-state index contributed by atoms with van der Waals surface area (Å²) in [6, 6.07) is 0. The lowest BCUT2D eigenvalue weighted by Crippen LogP contribution is -2.30. The third kappa shape index (κ3) is 2.38. The van der Waals surface area contributed by atoms with Crippen molar-refractivity contribution < 1.29 is 9.53 Å². The molecule has 2 heteroatoms. The highest BCUT2D eigenvalue weighted by Crippen LogP contribution is 2.33. The van der Waals surface area contributed by atoms with Crippen LogP contribution in [-0.2, 0) is 9.53 Å². The highest BCUT2D eigenvalue weighted by atomic mass is 16.6. The minimum atomic E-state index is -0.523. The van der Waals surface area contributed by atoms with Crippen LogP contribution in [-0.4, -0.2) is 11.6 Å². The Labute approximate surface area is 85.3 Å². The van der Waals surface area contributed by atoms with Crippen LogP contribution in [0.1, 0.15) is 39.5 Å². The minimum Gasteiger partial charge on any atom is -0.442 e. The molecule has 0 atom stereocenters. The van der Waals surface area contributed by atoms with E-state index < -0.39 is 5.60 Å². The molecule has 1 saturated carbocycles. The van der Waals surface area contributed by atoms with Crippen LogP contribution in [0, 0.1) is 11.8 Å². The van der Waals surface area contributed by atoms with Gasteiger partial charge < -0.3 is 4.74 Å². The molecule has 0 unspecified atom stereocenters. The first-order valence-electron chi connectivity index (χ1n) is 4.92. The zero-order chi connectivity index (χ0) is 10.6. The molecule has 0 saturated heterocycles. The Kier molecular flexibility index (Phi) is 3.35. The zero-order valence-electron chi connectivity index (χ0n) is 8.85. The van der Waals surface area contributed by atoms with Crippen molar-refractivity contribution in [2.24, 2.45) is 0 Å². The summed E-state index contributed by atoms with van der Waals surface area (Å²) in [5, 5.41) is 0. The van der Waals surface area contributed by atoms with Gasteiger partial charge in [0.05, 0.1) is 0 Å². The second-order valence-electron chi connectivity index (χ2n) is 3.75. The standard InChI is InChI=1S/C12H16O2/c1-4-7-12(8-5-6-9-12)14-11(13)10(2)3/h2,5-6,8-9H2,1,3H3. The summed E-state index contributed by atoms with van der Waals surface area (Å²) in [5.74, 6) is 5.52. The number of rotatable bonds is 2. The molecular formula is C12H16O2. The van der Waals surface area contributed by atoms with E-state index >= 15 is 0 Å². The maximum atomic E-state index is 11.4. The van der Waals surface area contributed by atoms with Gasteiger partial charge in [0, 0.05) is 5.57 Å². The van der Waals surface area contributed by atoms with Crippen molar-refractivity contribution in [2.75, 3.05) is 0 Å². The number of ether oxygens (including phenoxy) is 1. The first-order chi connectivity index (χ1) is 6.59. The molecule has 0 heterocycles. The van der Waals surface area contributed by atoms with Crippen LogP contribution in [0.4, 0.5) is 0 Å². The van der Waals surface area contributed by atoms with E-state index in [9.17, 15) is 4.79 Å². The number of carbonyl (C=O) groups excluding carboxylic acids is 1. The molecule has 0 aliphatic heterocycles. The molecule has 1 fully saturated rings. The molecule has 0 aromatic heterocycles. The van der Waals surface area contributed by atoms with Gasteiger partial charge in [-0.05, 0) is 39.5 Å². The van der Waals surface area contributed by atoms with Crippen molar-refractivity contribution in [2.45, 2.75) is 45.1 Å². The van der Waals surface area contributed by atoms with Crippen molar-refractivity contribution in [1.29, 1.82) is 0 Å². The smallest absolute Gasteiger partial charge is 0.334 e. The van der Waals surface area contributed by atoms with Crippen LogP contribution in [0.25, 0.3) is 0 Å². The summed E-state index contributed by atoms with van der Waals surface area (Å²) in [6.07, 6.45) is 3.87. The summed E-state index contributed by atoms with van der Waals surface area (Å²) >= 11 is 0. The third-order valence-electron chi connectivity index (χ3n) is 2.40. The Hall–Kier alpha value is -1.23. The molecule has 14 heavy (non-hydrogen) atoms. The molecule has 0 N–H and O–H groups in total. The molecule has 2 nitrogen and oxygen atoms in total. The molecule has 0 aromatic rings. The average molecular weight is 192 g/mol. The average Bonchev–Trinajstić information content (AvgIpc) is 2.54. The predicted molar refractivity (Wildman–Crippen MR) is 55.6 cm³/mol. The quantitative estimate of drug-likeness (QED) is 0.381. The van der Waals surface area contributed by atoms with E-state index in [1.165, 1.54) is 0 Å². The van der Waals surface area contributed by atoms with E-state index in [2.05, 4.69) is 18.4 Å². The molecule has 1 aliphatic carbocycles. The van der Waals surface area contributed by atoms with Crippen LogP contribution in [0.15, 0.2) is 12.2 Å². The van der Waals surface area contributed by atoms with E-state index in [0.717, 1.165) is 25.7 Å². The molecule has 0 aromatic carbocycles. The highest BCUT2D eigenvalue weighted by molar-refractivity contribution is 5.87. The van der Waals surface area contributed by atoms with E-state index in [1.54, 1.807) is 13.8 Å². The van der Waals surface area contributed by atoms with Gasteiger partial charge >= 0.3 is 5.97 Å². The monoisotopic (exact) mass is 192 g/mol. The van der Waals surface area contributed by atoms with Gasteiger partial charge in [-0.3, -0.25) is 0 Å². The number of hydrogen-bond donors (Lipinski definition) is 0. The molecule has 76 valence electrons. The summed E-state index contributed by atoms with van der Waals surface area (Å²) in [6.45, 7) is 7.00. The molecule has 0 amide bonds. The summed E-state index contributed by atoms with van der Waals surface area (Å²) in [4.78, 5) is 11.4. The lowest BCUT2D eigenvalue weighted by Gasteiger charge is -2.22. The van der Waals surface area contributed by atoms with Gasteiger partial charge in [0.25, 0.3) is 0 Å². The first-order valence-corrected chi connectivity index (χ1v) is 4.92. The first kappa shape index (κ1) is 10.8. The topological polar surface area (TPSA) is 26.3 Å². The Morgan fingerprint density at radius 2 is 2.00 bits per heavy atom. The fourth-order valence-corrected chi connectivity index (χ4v) is 1.69. The Morgan fingerprint density at radius 3 is 2.43 bits per heavy atom. The van der Waals surface area contributed by atoms with E-state index in [4.69, 9.17) is 4.74 Å². The Morgan fingerprint density at radius 1 is 1.43 bits per heavy atom. The molecule has 1 rings (SSSR count). The molecule has 0 bridgehead atoms. The SMILES string of the molecule is C=C(C)C(=O)OC1(C#CC)CCCC1. The number of carbonyl (C=O) groups is 1. The van der Waals surface area contributed by atoms with Crippen LogP contribution in [0.3, 0.4) is 0 Å². The van der Waals surface area contributed by atoms with Gasteiger partial charge in [-0.2, -0.15) is 0 Å². The fourth-order valence-electron chi connectivity index (χ4n) is 1.69. The fraction of sp³-hybridized carbons (Fsp3) is 0.583. The van der Waals surface area contributed by atoms with Crippen molar-refractivity contribution >= 4 is 5.97 Å². The van der Waals surface area contributed by atoms with Gasteiger partial charge in [0.1, 0.15) is 0 Å². The third-order valence-corrected chi connectivity index (χ3v) is 2.40. The predicted octanol–water partition coefficient (Wildman–Crippen LogP) is 2.44. The van der Waals surface area contributed by atoms with Gasteiger partial charge in [-0.15, -0.1) is 5.92 Å². The van der Waals surface area contributed by atoms with Crippen molar-refractivity contribution in [3.8, 4) is 11.8 Å². The van der Waals surface area contributed by atoms with Crippen LogP contribution in [0.2, 0.25) is 0 Å². The van der Waals surface area contributed by atoms with E-state index in [0.29, 0.717) is 5.57 Å². The summed E-state index contributed by atoms with van der Waals surface area (Å²) in [5.41, 5.74) is -0.0840. The summed E-state index contributed by atoms with van der Waals surface area (Å²) in [7, 11) is 0. The Bertz CT molecular complexity index is 298. The molecule has 0 spiro atoms. The molecule has 0 radical (unpaired) electrons. The van der Waals surface area contributed by atoms with Crippen molar-refractivity contribution in [1.82, 2.24) is 0 Å². The number of esters is 1. The number of hydrogen-bond acceptors (Lipinski definition) is 2. The highest BCUT2D eigenvalue weighted by Gasteiger charge is 2.35. The summed E-state index contributed by atoms with van der Waals surface area (Å²) < 4.78 is 5.39.